The zero-order chi connectivity index (χ0) is 13.8. The van der Waals surface area contributed by atoms with E-state index in [1.165, 1.54) is 29.3 Å². The number of hydrogen-bond donors (Lipinski definition) is 3. The van der Waals surface area contributed by atoms with Gasteiger partial charge in [-0.15, -0.1) is 24.0 Å². The second kappa shape index (κ2) is 7.68. The van der Waals surface area contributed by atoms with Crippen LogP contribution in [0, 0.1) is 0 Å². The van der Waals surface area contributed by atoms with Crippen LogP contribution < -0.4 is 10.6 Å². The highest BCUT2D eigenvalue weighted by atomic mass is 127. The number of guanidine groups is 1. The molecule has 0 aliphatic heterocycles. The number of aromatic nitrogens is 1. The van der Waals surface area contributed by atoms with Gasteiger partial charge in [-0.1, -0.05) is 18.2 Å². The Hall–Kier alpha value is -1.24. The number of fused-ring (bicyclic) bond motifs is 1. The van der Waals surface area contributed by atoms with Crippen molar-refractivity contribution >= 4 is 40.8 Å². The van der Waals surface area contributed by atoms with E-state index in [1.807, 2.05) is 0 Å². The zero-order valence-electron chi connectivity index (χ0n) is 12.4. The number of nitrogens with zero attached hydrogens (tertiary/aromatic N) is 1. The van der Waals surface area contributed by atoms with Gasteiger partial charge in [0.1, 0.15) is 0 Å². The highest BCUT2D eigenvalue weighted by Crippen LogP contribution is 2.19. The second-order valence-corrected chi connectivity index (χ2v) is 5.29. The minimum atomic E-state index is 0. The van der Waals surface area contributed by atoms with E-state index in [1.54, 1.807) is 0 Å². The number of benzene rings is 1. The highest BCUT2D eigenvalue weighted by Gasteiger charge is 2.21. The molecule has 0 unspecified atom stereocenters. The Labute approximate surface area is 142 Å². The fourth-order valence-electron chi connectivity index (χ4n) is 2.37. The molecule has 0 atom stereocenters. The summed E-state index contributed by atoms with van der Waals surface area (Å²) in [6, 6.07) is 9.06. The van der Waals surface area contributed by atoms with Gasteiger partial charge in [0.2, 0.25) is 0 Å². The molecule has 3 N–H and O–H groups in total. The quantitative estimate of drug-likeness (QED) is 0.412. The molecule has 0 saturated heterocycles. The average molecular weight is 398 g/mol. The molecular weight excluding hydrogens is 375 g/mol. The molecule has 21 heavy (non-hydrogen) atoms. The number of halogens is 1. The minimum Gasteiger partial charge on any atom is -0.361 e. The van der Waals surface area contributed by atoms with Crippen LogP contribution in [-0.2, 0) is 6.42 Å². The molecule has 114 valence electrons. The molecule has 1 aromatic carbocycles. The summed E-state index contributed by atoms with van der Waals surface area (Å²) in [5.41, 5.74) is 2.54. The molecule has 1 aliphatic rings. The maximum Gasteiger partial charge on any atom is 0.191 e. The molecule has 0 bridgehead atoms. The van der Waals surface area contributed by atoms with Gasteiger partial charge in [0.05, 0.1) is 0 Å². The Balaban J connectivity index is 0.00000161. The molecule has 5 heteroatoms. The normalized spacial score (nSPS) is 14.8. The molecule has 0 amide bonds. The Kier molecular flexibility index (Phi) is 5.90. The van der Waals surface area contributed by atoms with Gasteiger partial charge >= 0.3 is 0 Å². The molecule has 1 aromatic heterocycles. The number of hydrogen-bond acceptors (Lipinski definition) is 1. The molecule has 1 fully saturated rings. The number of para-hydroxylation sites is 1. The Morgan fingerprint density at radius 2 is 2.14 bits per heavy atom. The average Bonchev–Trinajstić information content (AvgIpc) is 3.18. The van der Waals surface area contributed by atoms with E-state index in [2.05, 4.69) is 58.0 Å². The third-order valence-corrected chi connectivity index (χ3v) is 3.59. The summed E-state index contributed by atoms with van der Waals surface area (Å²) in [7, 11) is 0. The first-order chi connectivity index (χ1) is 9.86. The third-order valence-electron chi connectivity index (χ3n) is 3.59. The molecule has 4 nitrogen and oxygen atoms in total. The van der Waals surface area contributed by atoms with Crippen LogP contribution in [0.3, 0.4) is 0 Å². The first-order valence-electron chi connectivity index (χ1n) is 7.46. The van der Waals surface area contributed by atoms with Crippen LogP contribution in [0.2, 0.25) is 0 Å². The van der Waals surface area contributed by atoms with E-state index in [9.17, 15) is 0 Å². The van der Waals surface area contributed by atoms with Crippen molar-refractivity contribution in [2.75, 3.05) is 13.1 Å². The van der Waals surface area contributed by atoms with Gasteiger partial charge in [0.25, 0.3) is 0 Å². The van der Waals surface area contributed by atoms with Gasteiger partial charge < -0.3 is 15.6 Å². The van der Waals surface area contributed by atoms with Crippen LogP contribution in [0.5, 0.6) is 0 Å². The van der Waals surface area contributed by atoms with Crippen LogP contribution in [0.1, 0.15) is 25.3 Å². The van der Waals surface area contributed by atoms with E-state index < -0.39 is 0 Å². The summed E-state index contributed by atoms with van der Waals surface area (Å²) in [4.78, 5) is 7.97. The predicted octanol–water partition coefficient (Wildman–Crippen LogP) is 3.05. The topological polar surface area (TPSA) is 52.2 Å². The van der Waals surface area contributed by atoms with E-state index in [0.717, 1.165) is 25.5 Å². The number of aromatic amines is 1. The van der Waals surface area contributed by atoms with Crippen LogP contribution >= 0.6 is 24.0 Å². The molecular formula is C16H23IN4. The van der Waals surface area contributed by atoms with E-state index in [4.69, 9.17) is 0 Å². The lowest BCUT2D eigenvalue weighted by atomic mass is 10.1. The van der Waals surface area contributed by atoms with Gasteiger partial charge in [-0.25, -0.2) is 0 Å². The second-order valence-electron chi connectivity index (χ2n) is 5.29. The van der Waals surface area contributed by atoms with E-state index >= 15 is 0 Å². The van der Waals surface area contributed by atoms with Gasteiger partial charge in [0.15, 0.2) is 5.96 Å². The van der Waals surface area contributed by atoms with E-state index in [0.29, 0.717) is 6.04 Å². The zero-order valence-corrected chi connectivity index (χ0v) is 14.7. The predicted molar refractivity (Wildman–Crippen MR) is 99.6 cm³/mol. The van der Waals surface area contributed by atoms with Crippen molar-refractivity contribution < 1.29 is 0 Å². The van der Waals surface area contributed by atoms with Crippen LogP contribution in [0.4, 0.5) is 0 Å². The maximum atomic E-state index is 4.66. The Morgan fingerprint density at radius 1 is 1.33 bits per heavy atom. The third kappa shape index (κ3) is 4.36. The van der Waals surface area contributed by atoms with Gasteiger partial charge in [-0.3, -0.25) is 4.99 Å². The molecule has 0 radical (unpaired) electrons. The summed E-state index contributed by atoms with van der Waals surface area (Å²) in [6.45, 7) is 3.82. The Morgan fingerprint density at radius 3 is 2.90 bits per heavy atom. The number of aliphatic imine (C=N–C) groups is 1. The van der Waals surface area contributed by atoms with Crippen molar-refractivity contribution in [1.82, 2.24) is 15.6 Å². The number of rotatable bonds is 5. The van der Waals surface area contributed by atoms with Crippen LogP contribution in [0.15, 0.2) is 35.5 Å². The van der Waals surface area contributed by atoms with Crippen molar-refractivity contribution in [2.24, 2.45) is 4.99 Å². The standard InChI is InChI=1S/C16H22N4.HI/c1-2-17-16(20-13-7-8-13)18-10-9-12-11-19-15-6-4-3-5-14(12)15;/h3-6,11,13,19H,2,7-10H2,1H3,(H2,17,18,20);1H. The molecule has 1 saturated carbocycles. The monoisotopic (exact) mass is 398 g/mol. The molecule has 1 aliphatic carbocycles. The molecule has 2 aromatic rings. The summed E-state index contributed by atoms with van der Waals surface area (Å²) < 4.78 is 0. The largest absolute Gasteiger partial charge is 0.361 e. The first-order valence-corrected chi connectivity index (χ1v) is 7.46. The fourth-order valence-corrected chi connectivity index (χ4v) is 2.37. The summed E-state index contributed by atoms with van der Waals surface area (Å²) in [6.07, 6.45) is 5.60. The summed E-state index contributed by atoms with van der Waals surface area (Å²) >= 11 is 0. The lowest BCUT2D eigenvalue weighted by Gasteiger charge is -2.09. The number of H-pyrrole nitrogens is 1. The van der Waals surface area contributed by atoms with Gasteiger partial charge in [-0.05, 0) is 37.8 Å². The Bertz CT molecular complexity index is 601. The highest BCUT2D eigenvalue weighted by molar-refractivity contribution is 14.0. The van der Waals surface area contributed by atoms with Gasteiger partial charge in [-0.2, -0.15) is 0 Å². The lowest BCUT2D eigenvalue weighted by molar-refractivity contribution is 0.809. The van der Waals surface area contributed by atoms with Crippen molar-refractivity contribution in [3.8, 4) is 0 Å². The maximum absolute atomic E-state index is 4.66. The minimum absolute atomic E-state index is 0. The fraction of sp³-hybridized carbons (Fsp3) is 0.438. The van der Waals surface area contributed by atoms with Crippen molar-refractivity contribution in [3.63, 3.8) is 0 Å². The van der Waals surface area contributed by atoms with Crippen LogP contribution in [-0.4, -0.2) is 30.1 Å². The summed E-state index contributed by atoms with van der Waals surface area (Å²) in [5, 5.41) is 8.05. The molecule has 1 heterocycles. The smallest absolute Gasteiger partial charge is 0.191 e. The number of nitrogens with one attached hydrogen (secondary N) is 3. The molecule has 3 rings (SSSR count). The first kappa shape index (κ1) is 16.1. The van der Waals surface area contributed by atoms with Crippen molar-refractivity contribution in [2.45, 2.75) is 32.2 Å². The molecule has 0 spiro atoms. The van der Waals surface area contributed by atoms with Crippen LogP contribution in [0.25, 0.3) is 10.9 Å². The summed E-state index contributed by atoms with van der Waals surface area (Å²) in [5.74, 6) is 0.954. The van der Waals surface area contributed by atoms with Gasteiger partial charge in [0, 0.05) is 36.2 Å². The SMILES string of the molecule is CCNC(=NCCc1c[nH]c2ccccc12)NC1CC1.I. The van der Waals surface area contributed by atoms with Crippen molar-refractivity contribution in [1.29, 1.82) is 0 Å². The van der Waals surface area contributed by atoms with E-state index in [-0.39, 0.29) is 24.0 Å². The van der Waals surface area contributed by atoms with Crippen molar-refractivity contribution in [3.05, 3.63) is 36.0 Å². The lowest BCUT2D eigenvalue weighted by Crippen LogP contribution is -2.38.